The fourth-order valence-electron chi connectivity index (χ4n) is 1.27. The van der Waals surface area contributed by atoms with Crippen LogP contribution in [0.4, 0.5) is 8.78 Å². The molecule has 0 radical (unpaired) electrons. The Morgan fingerprint density at radius 1 is 1.29 bits per heavy atom. The number of hydrogen-bond donors (Lipinski definition) is 0. The van der Waals surface area contributed by atoms with Crippen molar-refractivity contribution in [1.29, 1.82) is 0 Å². The minimum atomic E-state index is -2.68. The molecule has 1 fully saturated rings. The number of alkyl halides is 3. The van der Waals surface area contributed by atoms with Crippen LogP contribution in [0.1, 0.15) is 12.8 Å². The molecule has 0 saturated carbocycles. The van der Waals surface area contributed by atoms with Crippen LogP contribution in [-0.2, 0) is 9.59 Å². The predicted octanol–water partition coefficient (Wildman–Crippen LogP) is 1.25. The maximum Gasteiger partial charge on any atom is 0.290 e. The van der Waals surface area contributed by atoms with Crippen molar-refractivity contribution in [2.45, 2.75) is 18.8 Å². The van der Waals surface area contributed by atoms with Crippen LogP contribution in [0.25, 0.3) is 0 Å². The average Bonchev–Trinajstić information content (AvgIpc) is 2.15. The van der Waals surface area contributed by atoms with Gasteiger partial charge >= 0.3 is 0 Å². The largest absolute Gasteiger partial charge is 0.336 e. The zero-order valence-electron chi connectivity index (χ0n) is 7.43. The molecule has 1 aliphatic rings. The van der Waals surface area contributed by atoms with Crippen LogP contribution in [0.5, 0.6) is 0 Å². The van der Waals surface area contributed by atoms with E-state index in [-0.39, 0.29) is 30.4 Å². The third kappa shape index (κ3) is 2.86. The molecule has 1 aliphatic heterocycles. The van der Waals surface area contributed by atoms with Crippen molar-refractivity contribution in [2.75, 3.05) is 17.5 Å². The molecule has 0 aromatic rings. The van der Waals surface area contributed by atoms with Crippen LogP contribution in [0.3, 0.4) is 0 Å². The first kappa shape index (κ1) is 11.8. The summed E-state index contributed by atoms with van der Waals surface area (Å²) in [4.78, 5) is 23.5. The van der Waals surface area contributed by atoms with E-state index in [2.05, 4.69) is 0 Å². The number of piperidine rings is 1. The average molecular weight is 317 g/mol. The van der Waals surface area contributed by atoms with Crippen molar-refractivity contribution in [3.63, 3.8) is 0 Å². The Morgan fingerprint density at radius 2 is 1.79 bits per heavy atom. The van der Waals surface area contributed by atoms with Gasteiger partial charge in [0, 0.05) is 25.9 Å². The van der Waals surface area contributed by atoms with Gasteiger partial charge in [0.05, 0.1) is 4.43 Å². The number of halogens is 3. The van der Waals surface area contributed by atoms with E-state index >= 15 is 0 Å². The second kappa shape index (κ2) is 4.50. The maximum atomic E-state index is 12.7. The van der Waals surface area contributed by atoms with Gasteiger partial charge in [-0.3, -0.25) is 9.59 Å². The first-order valence-corrected chi connectivity index (χ1v) is 5.75. The van der Waals surface area contributed by atoms with Gasteiger partial charge in [0.2, 0.25) is 5.78 Å². The standard InChI is InChI=1S/C8H10F2INO2/c9-8(10)1-3-12(4-2-8)7(14)6(13)5-11/h1-5H2. The fourth-order valence-corrected chi connectivity index (χ4v) is 1.60. The highest BCUT2D eigenvalue weighted by Crippen LogP contribution is 2.27. The van der Waals surface area contributed by atoms with E-state index in [1.165, 1.54) is 4.90 Å². The number of carbonyl (C=O) groups is 2. The molecule has 0 atom stereocenters. The lowest BCUT2D eigenvalue weighted by molar-refractivity contribution is -0.147. The summed E-state index contributed by atoms with van der Waals surface area (Å²) in [5.41, 5.74) is 0. The van der Waals surface area contributed by atoms with Crippen LogP contribution in [-0.4, -0.2) is 40.0 Å². The fraction of sp³-hybridized carbons (Fsp3) is 0.750. The van der Waals surface area contributed by atoms with Gasteiger partial charge in [0.15, 0.2) is 0 Å². The zero-order chi connectivity index (χ0) is 10.8. The van der Waals surface area contributed by atoms with E-state index in [1.54, 1.807) is 22.6 Å². The van der Waals surface area contributed by atoms with Crippen molar-refractivity contribution in [2.24, 2.45) is 0 Å². The van der Waals surface area contributed by atoms with E-state index in [4.69, 9.17) is 0 Å². The van der Waals surface area contributed by atoms with E-state index in [0.717, 1.165) is 0 Å². The summed E-state index contributed by atoms with van der Waals surface area (Å²) >= 11 is 1.79. The number of likely N-dealkylation sites (tertiary alicyclic amines) is 1. The van der Waals surface area contributed by atoms with Crippen LogP contribution in [0.15, 0.2) is 0 Å². The van der Waals surface area contributed by atoms with Gasteiger partial charge in [0.1, 0.15) is 0 Å². The highest BCUT2D eigenvalue weighted by atomic mass is 127. The van der Waals surface area contributed by atoms with Gasteiger partial charge in [-0.15, -0.1) is 0 Å². The summed E-state index contributed by atoms with van der Waals surface area (Å²) < 4.78 is 25.5. The third-order valence-electron chi connectivity index (χ3n) is 2.14. The summed E-state index contributed by atoms with van der Waals surface area (Å²) in [7, 11) is 0. The summed E-state index contributed by atoms with van der Waals surface area (Å²) in [6.07, 6.45) is -0.680. The van der Waals surface area contributed by atoms with Gasteiger partial charge in [0.25, 0.3) is 11.8 Å². The van der Waals surface area contributed by atoms with Gasteiger partial charge < -0.3 is 4.90 Å². The summed E-state index contributed by atoms with van der Waals surface area (Å²) in [5.74, 6) is -3.82. The zero-order valence-corrected chi connectivity index (χ0v) is 9.59. The number of nitrogens with zero attached hydrogens (tertiary/aromatic N) is 1. The normalized spacial score (nSPS) is 20.6. The first-order valence-electron chi connectivity index (χ1n) is 4.22. The number of carbonyl (C=O) groups excluding carboxylic acids is 2. The number of hydrogen-bond acceptors (Lipinski definition) is 2. The number of rotatable bonds is 2. The second-order valence-electron chi connectivity index (χ2n) is 3.20. The van der Waals surface area contributed by atoms with Crippen LogP contribution >= 0.6 is 22.6 Å². The lowest BCUT2D eigenvalue weighted by Crippen LogP contribution is -2.45. The first-order chi connectivity index (χ1) is 6.46. The van der Waals surface area contributed by atoms with Crippen LogP contribution < -0.4 is 0 Å². The van der Waals surface area contributed by atoms with Gasteiger partial charge in [-0.25, -0.2) is 8.78 Å². The summed E-state index contributed by atoms with van der Waals surface area (Å²) in [6.45, 7) is -0.0393. The van der Waals surface area contributed by atoms with E-state index in [0.29, 0.717) is 0 Å². The Kier molecular flexibility index (Phi) is 3.79. The van der Waals surface area contributed by atoms with Gasteiger partial charge in [-0.05, 0) is 0 Å². The molecule has 6 heteroatoms. The van der Waals surface area contributed by atoms with E-state index in [1.807, 2.05) is 0 Å². The van der Waals surface area contributed by atoms with E-state index < -0.39 is 17.6 Å². The second-order valence-corrected chi connectivity index (χ2v) is 3.97. The summed E-state index contributed by atoms with van der Waals surface area (Å²) in [5, 5.41) is 0. The van der Waals surface area contributed by atoms with Crippen LogP contribution in [0, 0.1) is 0 Å². The Labute approximate surface area is 94.0 Å². The Balaban J connectivity index is 2.50. The molecule has 0 spiro atoms. The molecule has 0 unspecified atom stereocenters. The predicted molar refractivity (Wildman–Crippen MR) is 54.7 cm³/mol. The monoisotopic (exact) mass is 317 g/mol. The summed E-state index contributed by atoms with van der Waals surface area (Å²) in [6, 6.07) is 0. The molecular weight excluding hydrogens is 307 g/mol. The molecule has 1 heterocycles. The lowest BCUT2D eigenvalue weighted by atomic mass is 10.1. The van der Waals surface area contributed by atoms with Gasteiger partial charge in [-0.2, -0.15) is 0 Å². The molecule has 1 amide bonds. The quantitative estimate of drug-likeness (QED) is 0.437. The highest BCUT2D eigenvalue weighted by molar-refractivity contribution is 14.1. The minimum absolute atomic E-state index is 0.0196. The molecular formula is C8H10F2INO2. The topological polar surface area (TPSA) is 37.4 Å². The van der Waals surface area contributed by atoms with Gasteiger partial charge in [-0.1, -0.05) is 22.6 Å². The smallest absolute Gasteiger partial charge is 0.290 e. The van der Waals surface area contributed by atoms with E-state index in [9.17, 15) is 18.4 Å². The molecule has 0 aromatic carbocycles. The number of amides is 1. The number of ketones is 1. The lowest BCUT2D eigenvalue weighted by Gasteiger charge is -2.31. The van der Waals surface area contributed by atoms with Crippen molar-refractivity contribution in [3.8, 4) is 0 Å². The van der Waals surface area contributed by atoms with Crippen LogP contribution in [0.2, 0.25) is 0 Å². The molecule has 0 aliphatic carbocycles. The molecule has 0 N–H and O–H groups in total. The molecule has 3 nitrogen and oxygen atoms in total. The maximum absolute atomic E-state index is 12.7. The number of Topliss-reactive ketones (excluding diaryl/α,β-unsaturated/α-hetero) is 1. The van der Waals surface area contributed by atoms with Crippen molar-refractivity contribution in [3.05, 3.63) is 0 Å². The molecule has 0 bridgehead atoms. The van der Waals surface area contributed by atoms with Crippen molar-refractivity contribution in [1.82, 2.24) is 4.90 Å². The Hall–Kier alpha value is -0.270. The molecule has 1 saturated heterocycles. The SMILES string of the molecule is O=C(CI)C(=O)N1CCC(F)(F)CC1. The highest BCUT2D eigenvalue weighted by Gasteiger charge is 2.36. The van der Waals surface area contributed by atoms with Crippen molar-refractivity contribution < 1.29 is 18.4 Å². The molecule has 80 valence electrons. The van der Waals surface area contributed by atoms with Crippen molar-refractivity contribution >= 4 is 34.3 Å². The molecule has 1 rings (SSSR count). The Bertz CT molecular complexity index is 248. The Morgan fingerprint density at radius 3 is 2.21 bits per heavy atom. The molecule has 0 aromatic heterocycles. The minimum Gasteiger partial charge on any atom is -0.336 e. The molecule has 14 heavy (non-hydrogen) atoms. The third-order valence-corrected chi connectivity index (χ3v) is 2.83.